The molecular formula is C13H12ClNO3. The molecule has 18 heavy (non-hydrogen) atoms. The lowest BCUT2D eigenvalue weighted by Crippen LogP contribution is -2.10. The fourth-order valence-corrected chi connectivity index (χ4v) is 1.68. The molecule has 0 aliphatic carbocycles. The van der Waals surface area contributed by atoms with Crippen molar-refractivity contribution in [3.63, 3.8) is 0 Å². The molecule has 1 N–H and O–H groups in total. The summed E-state index contributed by atoms with van der Waals surface area (Å²) < 4.78 is 10.1. The van der Waals surface area contributed by atoms with Crippen molar-refractivity contribution in [2.75, 3.05) is 12.4 Å². The van der Waals surface area contributed by atoms with Gasteiger partial charge >= 0.3 is 0 Å². The molecular weight excluding hydrogens is 254 g/mol. The van der Waals surface area contributed by atoms with Crippen LogP contribution in [-0.2, 0) is 11.3 Å². The van der Waals surface area contributed by atoms with Gasteiger partial charge in [-0.1, -0.05) is 12.1 Å². The molecule has 0 spiro atoms. The largest absolute Gasteiger partial charge is 0.440 e. The fourth-order valence-electron chi connectivity index (χ4n) is 1.53. The van der Waals surface area contributed by atoms with E-state index in [1.807, 2.05) is 18.2 Å². The maximum Gasteiger partial charge on any atom is 0.291 e. The van der Waals surface area contributed by atoms with Gasteiger partial charge in [-0.05, 0) is 41.4 Å². The number of ether oxygens (including phenoxy) is 1. The highest BCUT2D eigenvalue weighted by Crippen LogP contribution is 2.16. The van der Waals surface area contributed by atoms with E-state index in [1.165, 1.54) is 12.1 Å². The number of hydrogen-bond donors (Lipinski definition) is 1. The second-order valence-electron chi connectivity index (χ2n) is 3.69. The number of methoxy groups -OCH3 is 1. The van der Waals surface area contributed by atoms with Crippen LogP contribution in [0.5, 0.6) is 0 Å². The first-order valence-corrected chi connectivity index (χ1v) is 5.71. The summed E-state index contributed by atoms with van der Waals surface area (Å²) >= 11 is 5.61. The molecule has 1 aromatic heterocycles. The van der Waals surface area contributed by atoms with E-state index in [9.17, 15) is 4.79 Å². The van der Waals surface area contributed by atoms with E-state index in [2.05, 4.69) is 5.32 Å². The number of nitrogens with one attached hydrogen (secondary N) is 1. The van der Waals surface area contributed by atoms with Crippen molar-refractivity contribution < 1.29 is 13.9 Å². The van der Waals surface area contributed by atoms with E-state index in [1.54, 1.807) is 13.2 Å². The predicted octanol–water partition coefficient (Wildman–Crippen LogP) is 3.33. The van der Waals surface area contributed by atoms with Gasteiger partial charge in [0.25, 0.3) is 5.91 Å². The molecule has 0 atom stereocenters. The summed E-state index contributed by atoms with van der Waals surface area (Å²) in [4.78, 5) is 11.8. The lowest BCUT2D eigenvalue weighted by Gasteiger charge is -2.05. The third kappa shape index (κ3) is 3.12. The molecule has 5 heteroatoms. The van der Waals surface area contributed by atoms with Gasteiger partial charge in [-0.15, -0.1) is 0 Å². The second kappa shape index (κ2) is 5.71. The Labute approximate surface area is 110 Å². The molecule has 0 fully saturated rings. The third-order valence-corrected chi connectivity index (χ3v) is 2.50. The van der Waals surface area contributed by atoms with Crippen molar-refractivity contribution in [2.24, 2.45) is 0 Å². The summed E-state index contributed by atoms with van der Waals surface area (Å²) in [6.07, 6.45) is 0. The second-order valence-corrected chi connectivity index (χ2v) is 4.06. The number of carbonyl (C=O) groups is 1. The number of benzene rings is 1. The highest BCUT2D eigenvalue weighted by Gasteiger charge is 2.10. The van der Waals surface area contributed by atoms with Gasteiger partial charge in [-0.3, -0.25) is 4.79 Å². The number of rotatable bonds is 4. The summed E-state index contributed by atoms with van der Waals surface area (Å²) in [7, 11) is 1.62. The van der Waals surface area contributed by atoms with Gasteiger partial charge in [-0.25, -0.2) is 0 Å². The van der Waals surface area contributed by atoms with Crippen LogP contribution >= 0.6 is 11.6 Å². The SMILES string of the molecule is COCc1cccc(NC(=O)c2ccc(Cl)o2)c1. The van der Waals surface area contributed by atoms with Crippen molar-refractivity contribution in [3.8, 4) is 0 Å². The molecule has 2 aromatic rings. The average molecular weight is 266 g/mol. The van der Waals surface area contributed by atoms with E-state index in [0.717, 1.165) is 5.56 Å². The minimum Gasteiger partial charge on any atom is -0.440 e. The quantitative estimate of drug-likeness (QED) is 0.922. The maximum absolute atomic E-state index is 11.8. The highest BCUT2D eigenvalue weighted by atomic mass is 35.5. The van der Waals surface area contributed by atoms with Gasteiger partial charge in [0, 0.05) is 12.8 Å². The zero-order valence-corrected chi connectivity index (χ0v) is 10.5. The number of carbonyl (C=O) groups excluding carboxylic acids is 1. The minimum atomic E-state index is -0.337. The number of furan rings is 1. The fraction of sp³-hybridized carbons (Fsp3) is 0.154. The van der Waals surface area contributed by atoms with Crippen LogP contribution in [0.25, 0.3) is 0 Å². The van der Waals surface area contributed by atoms with Crippen LogP contribution < -0.4 is 5.32 Å². The summed E-state index contributed by atoms with van der Waals surface area (Å²) in [5.41, 5.74) is 1.66. The van der Waals surface area contributed by atoms with E-state index in [-0.39, 0.29) is 16.9 Å². The first-order chi connectivity index (χ1) is 8.69. The van der Waals surface area contributed by atoms with Crippen LogP contribution in [0.3, 0.4) is 0 Å². The van der Waals surface area contributed by atoms with E-state index < -0.39 is 0 Å². The monoisotopic (exact) mass is 265 g/mol. The molecule has 1 aromatic carbocycles. The average Bonchev–Trinajstić information content (AvgIpc) is 2.77. The summed E-state index contributed by atoms with van der Waals surface area (Å²) in [6, 6.07) is 10.4. The van der Waals surface area contributed by atoms with Crippen LogP contribution in [0.1, 0.15) is 16.1 Å². The molecule has 0 unspecified atom stereocenters. The molecule has 94 valence electrons. The van der Waals surface area contributed by atoms with Crippen molar-refractivity contribution in [3.05, 3.63) is 52.9 Å². The first kappa shape index (κ1) is 12.7. The molecule has 4 nitrogen and oxygen atoms in total. The molecule has 1 amide bonds. The van der Waals surface area contributed by atoms with Crippen molar-refractivity contribution >= 4 is 23.2 Å². The van der Waals surface area contributed by atoms with Crippen LogP contribution in [0.15, 0.2) is 40.8 Å². The Kier molecular flexibility index (Phi) is 4.02. The van der Waals surface area contributed by atoms with Crippen LogP contribution in [0, 0.1) is 0 Å². The van der Waals surface area contributed by atoms with Gasteiger partial charge < -0.3 is 14.5 Å². The lowest BCUT2D eigenvalue weighted by molar-refractivity contribution is 0.0996. The number of hydrogen-bond acceptors (Lipinski definition) is 3. The number of amides is 1. The van der Waals surface area contributed by atoms with Gasteiger partial charge in [0.1, 0.15) is 0 Å². The molecule has 2 rings (SSSR count). The summed E-state index contributed by atoms with van der Waals surface area (Å²) in [5.74, 6) is -0.159. The number of anilines is 1. The van der Waals surface area contributed by atoms with E-state index in [0.29, 0.717) is 12.3 Å². The van der Waals surface area contributed by atoms with Crippen LogP contribution in [0.4, 0.5) is 5.69 Å². The van der Waals surface area contributed by atoms with Crippen LogP contribution in [0.2, 0.25) is 5.22 Å². The molecule has 0 saturated heterocycles. The van der Waals surface area contributed by atoms with Crippen molar-refractivity contribution in [2.45, 2.75) is 6.61 Å². The highest BCUT2D eigenvalue weighted by molar-refractivity contribution is 6.29. The maximum atomic E-state index is 11.8. The Bertz CT molecular complexity index is 551. The standard InChI is InChI=1S/C13H12ClNO3/c1-17-8-9-3-2-4-10(7-9)15-13(16)11-5-6-12(14)18-11/h2-7H,8H2,1H3,(H,15,16). The summed E-state index contributed by atoms with van der Waals surface area (Å²) in [5, 5.41) is 2.91. The molecule has 0 aliphatic rings. The Hall–Kier alpha value is -1.78. The molecule has 1 heterocycles. The number of halogens is 1. The molecule has 0 saturated carbocycles. The zero-order valence-electron chi connectivity index (χ0n) is 9.77. The molecule has 0 aliphatic heterocycles. The van der Waals surface area contributed by atoms with Crippen molar-refractivity contribution in [1.82, 2.24) is 0 Å². The first-order valence-electron chi connectivity index (χ1n) is 5.33. The lowest BCUT2D eigenvalue weighted by atomic mass is 10.2. The normalized spacial score (nSPS) is 10.3. The Morgan fingerprint density at radius 2 is 2.22 bits per heavy atom. The smallest absolute Gasteiger partial charge is 0.291 e. The molecule has 0 bridgehead atoms. The van der Waals surface area contributed by atoms with Gasteiger partial charge in [0.05, 0.1) is 6.61 Å². The Morgan fingerprint density at radius 3 is 2.89 bits per heavy atom. The molecule has 0 radical (unpaired) electrons. The predicted molar refractivity (Wildman–Crippen MR) is 68.8 cm³/mol. The van der Waals surface area contributed by atoms with Gasteiger partial charge in [-0.2, -0.15) is 0 Å². The topological polar surface area (TPSA) is 51.5 Å². The van der Waals surface area contributed by atoms with E-state index >= 15 is 0 Å². The van der Waals surface area contributed by atoms with Gasteiger partial charge in [0.2, 0.25) is 0 Å². The third-order valence-electron chi connectivity index (χ3n) is 2.29. The Morgan fingerprint density at radius 1 is 1.39 bits per heavy atom. The zero-order chi connectivity index (χ0) is 13.0. The van der Waals surface area contributed by atoms with Crippen molar-refractivity contribution in [1.29, 1.82) is 0 Å². The van der Waals surface area contributed by atoms with Gasteiger partial charge in [0.15, 0.2) is 11.0 Å². The Balaban J connectivity index is 2.09. The minimum absolute atomic E-state index is 0.178. The summed E-state index contributed by atoms with van der Waals surface area (Å²) in [6.45, 7) is 0.496. The van der Waals surface area contributed by atoms with Crippen LogP contribution in [-0.4, -0.2) is 13.0 Å². The van der Waals surface area contributed by atoms with E-state index in [4.69, 9.17) is 20.8 Å².